The predicted octanol–water partition coefficient (Wildman–Crippen LogP) is 4.32. The summed E-state index contributed by atoms with van der Waals surface area (Å²) in [6.07, 6.45) is 1.41. The molecule has 0 nitrogen and oxygen atoms in total. The molecule has 0 aliphatic heterocycles. The molecule has 0 rings (SSSR count). The molecule has 0 aromatic rings. The van der Waals surface area contributed by atoms with E-state index in [1.807, 2.05) is 0 Å². The minimum absolute atomic E-state index is 0.582. The van der Waals surface area contributed by atoms with Gasteiger partial charge in [-0.3, -0.25) is 0 Å². The number of hydrogen-bond acceptors (Lipinski definition) is 0. The first-order valence-electron chi connectivity index (χ1n) is 4.37. The molecule has 0 heterocycles. The topological polar surface area (TPSA) is 0 Å². The summed E-state index contributed by atoms with van der Waals surface area (Å²) in [5.74, 6) is 0. The normalized spacial score (nSPS) is 13.6. The Morgan fingerprint density at radius 1 is 1.18 bits per heavy atom. The van der Waals surface area contributed by atoms with Gasteiger partial charge in [-0.25, -0.2) is 0 Å². The average Bonchev–Trinajstić information content (AvgIpc) is 1.81. The van der Waals surface area contributed by atoms with Crippen LogP contribution in [0.1, 0.15) is 27.2 Å². The first kappa shape index (κ1) is 11.9. The summed E-state index contributed by atoms with van der Waals surface area (Å²) >= 11 is 2.48. The zero-order valence-corrected chi connectivity index (χ0v) is 11.7. The molecule has 0 atom stereocenters. The molecule has 0 aliphatic carbocycles. The molecule has 0 N–H and O–H groups in total. The lowest BCUT2D eigenvalue weighted by Gasteiger charge is -2.37. The summed E-state index contributed by atoms with van der Waals surface area (Å²) in [6.45, 7) is 12.2. The van der Waals surface area contributed by atoms with Crippen molar-refractivity contribution in [3.63, 3.8) is 0 Å². The third kappa shape index (κ3) is 3.92. The first-order chi connectivity index (χ1) is 4.81. The van der Waals surface area contributed by atoms with Crippen LogP contribution in [0.5, 0.6) is 0 Å². The highest BCUT2D eigenvalue weighted by Gasteiger charge is 2.33. The standard InChI is InChI=1S/C9H21ISi/c1-9(2,3)11(4,5)8-6-7-10/h6-8H2,1-5H3. The van der Waals surface area contributed by atoms with Crippen LogP contribution >= 0.6 is 22.6 Å². The lowest BCUT2D eigenvalue weighted by molar-refractivity contribution is 0.710. The number of hydrogen-bond donors (Lipinski definition) is 0. The van der Waals surface area contributed by atoms with Crippen molar-refractivity contribution in [2.24, 2.45) is 0 Å². The van der Waals surface area contributed by atoms with Crippen LogP contribution in [0.2, 0.25) is 24.2 Å². The van der Waals surface area contributed by atoms with Crippen LogP contribution in [0.3, 0.4) is 0 Å². The Labute approximate surface area is 86.3 Å². The zero-order chi connectivity index (χ0) is 9.12. The summed E-state index contributed by atoms with van der Waals surface area (Å²) in [5.41, 5.74) is 0. The van der Waals surface area contributed by atoms with E-state index in [-0.39, 0.29) is 0 Å². The van der Waals surface area contributed by atoms with Crippen LogP contribution in [-0.2, 0) is 0 Å². The maximum absolute atomic E-state index is 2.51. The Hall–Kier alpha value is 0.947. The lowest BCUT2D eigenvalue weighted by atomic mass is 10.2. The molecule has 0 aliphatic rings. The summed E-state index contributed by atoms with van der Waals surface area (Å²) < 4.78 is 1.32. The van der Waals surface area contributed by atoms with E-state index >= 15 is 0 Å². The lowest BCUT2D eigenvalue weighted by Crippen LogP contribution is -2.36. The van der Waals surface area contributed by atoms with E-state index in [0.29, 0.717) is 5.04 Å². The van der Waals surface area contributed by atoms with Gasteiger partial charge in [0, 0.05) is 0 Å². The van der Waals surface area contributed by atoms with E-state index in [2.05, 4.69) is 56.5 Å². The van der Waals surface area contributed by atoms with Crippen molar-refractivity contribution >= 4 is 30.7 Å². The molecule has 0 spiro atoms. The van der Waals surface area contributed by atoms with E-state index in [1.54, 1.807) is 0 Å². The monoisotopic (exact) mass is 284 g/mol. The summed E-state index contributed by atoms with van der Waals surface area (Å²) in [7, 11) is -0.931. The maximum Gasteiger partial charge on any atom is 0.0527 e. The van der Waals surface area contributed by atoms with Crippen molar-refractivity contribution < 1.29 is 0 Å². The van der Waals surface area contributed by atoms with Crippen molar-refractivity contribution in [2.45, 2.75) is 51.4 Å². The smallest absolute Gasteiger partial charge is 0.0527 e. The fraction of sp³-hybridized carbons (Fsp3) is 1.00. The Bertz CT molecular complexity index is 113. The van der Waals surface area contributed by atoms with Crippen LogP contribution in [-0.4, -0.2) is 12.5 Å². The van der Waals surface area contributed by atoms with Gasteiger partial charge in [0.25, 0.3) is 0 Å². The Balaban J connectivity index is 4.00. The molecule has 0 saturated heterocycles. The van der Waals surface area contributed by atoms with Gasteiger partial charge in [-0.15, -0.1) is 0 Å². The summed E-state index contributed by atoms with van der Waals surface area (Å²) in [4.78, 5) is 0. The SMILES string of the molecule is CC(C)(C)[Si](C)(C)CCCI. The van der Waals surface area contributed by atoms with Gasteiger partial charge in [0.1, 0.15) is 0 Å². The van der Waals surface area contributed by atoms with Crippen LogP contribution in [0.4, 0.5) is 0 Å². The molecule has 2 heteroatoms. The van der Waals surface area contributed by atoms with Gasteiger partial charge in [-0.1, -0.05) is 62.5 Å². The van der Waals surface area contributed by atoms with Crippen molar-refractivity contribution in [3.05, 3.63) is 0 Å². The van der Waals surface area contributed by atoms with Crippen LogP contribution in [0.25, 0.3) is 0 Å². The molecule has 0 saturated carbocycles. The second-order valence-corrected chi connectivity index (χ2v) is 11.8. The van der Waals surface area contributed by atoms with Gasteiger partial charge in [0.15, 0.2) is 0 Å². The molecule has 0 amide bonds. The van der Waals surface area contributed by atoms with Crippen molar-refractivity contribution in [3.8, 4) is 0 Å². The third-order valence-electron chi connectivity index (χ3n) is 2.97. The van der Waals surface area contributed by atoms with Crippen molar-refractivity contribution in [1.29, 1.82) is 0 Å². The van der Waals surface area contributed by atoms with Crippen LogP contribution in [0, 0.1) is 0 Å². The summed E-state index contributed by atoms with van der Waals surface area (Å²) in [5, 5.41) is 0.582. The number of alkyl halides is 1. The molecule has 0 radical (unpaired) electrons. The van der Waals surface area contributed by atoms with E-state index in [4.69, 9.17) is 0 Å². The molecule has 0 unspecified atom stereocenters. The van der Waals surface area contributed by atoms with Gasteiger partial charge in [-0.2, -0.15) is 0 Å². The molecule has 68 valence electrons. The molecule has 0 aromatic heterocycles. The fourth-order valence-electron chi connectivity index (χ4n) is 0.884. The van der Waals surface area contributed by atoms with E-state index in [9.17, 15) is 0 Å². The highest BCUT2D eigenvalue weighted by atomic mass is 127. The van der Waals surface area contributed by atoms with Crippen molar-refractivity contribution in [2.75, 3.05) is 4.43 Å². The molecule has 11 heavy (non-hydrogen) atoms. The molecular formula is C9H21ISi. The van der Waals surface area contributed by atoms with Crippen LogP contribution in [0.15, 0.2) is 0 Å². The highest BCUT2D eigenvalue weighted by Crippen LogP contribution is 2.39. The predicted molar refractivity (Wildman–Crippen MR) is 65.5 cm³/mol. The first-order valence-corrected chi connectivity index (χ1v) is 9.10. The average molecular weight is 284 g/mol. The van der Waals surface area contributed by atoms with Crippen LogP contribution < -0.4 is 0 Å². The van der Waals surface area contributed by atoms with Gasteiger partial charge in [-0.05, 0) is 15.9 Å². The molecule has 0 bridgehead atoms. The molecular weight excluding hydrogens is 263 g/mol. The van der Waals surface area contributed by atoms with E-state index in [1.165, 1.54) is 16.9 Å². The number of rotatable bonds is 3. The van der Waals surface area contributed by atoms with Gasteiger partial charge in [0.2, 0.25) is 0 Å². The van der Waals surface area contributed by atoms with Gasteiger partial charge < -0.3 is 0 Å². The largest absolute Gasteiger partial charge is 0.0864 e. The Morgan fingerprint density at radius 3 is 1.91 bits per heavy atom. The second kappa shape index (κ2) is 4.26. The Kier molecular flexibility index (Phi) is 4.63. The minimum atomic E-state index is -0.931. The van der Waals surface area contributed by atoms with Gasteiger partial charge in [0.05, 0.1) is 8.07 Å². The highest BCUT2D eigenvalue weighted by molar-refractivity contribution is 14.1. The fourth-order valence-corrected chi connectivity index (χ4v) is 3.80. The third-order valence-corrected chi connectivity index (χ3v) is 9.39. The second-order valence-electron chi connectivity index (χ2n) is 4.93. The number of halogens is 1. The van der Waals surface area contributed by atoms with E-state index in [0.717, 1.165) is 0 Å². The van der Waals surface area contributed by atoms with Crippen molar-refractivity contribution in [1.82, 2.24) is 0 Å². The zero-order valence-electron chi connectivity index (χ0n) is 8.50. The summed E-state index contributed by atoms with van der Waals surface area (Å²) in [6, 6.07) is 1.49. The Morgan fingerprint density at radius 2 is 1.64 bits per heavy atom. The van der Waals surface area contributed by atoms with Gasteiger partial charge >= 0.3 is 0 Å². The quantitative estimate of drug-likeness (QED) is 0.411. The van der Waals surface area contributed by atoms with E-state index < -0.39 is 8.07 Å². The maximum atomic E-state index is 2.51. The molecule has 0 fully saturated rings. The minimum Gasteiger partial charge on any atom is -0.0864 e. The molecule has 0 aromatic carbocycles.